The number of benzene rings is 1. The van der Waals surface area contributed by atoms with E-state index in [1.807, 2.05) is 6.07 Å². The summed E-state index contributed by atoms with van der Waals surface area (Å²) in [4.78, 5) is 11.0. The third-order valence-corrected chi connectivity index (χ3v) is 1.84. The lowest BCUT2D eigenvalue weighted by molar-refractivity contribution is 0.101. The maximum Gasteiger partial charge on any atom is 0.160 e. The molecular formula is C10H9NO2. The Morgan fingerprint density at radius 1 is 1.54 bits per heavy atom. The van der Waals surface area contributed by atoms with Crippen LogP contribution in [0, 0.1) is 18.3 Å². The Hall–Kier alpha value is -1.82. The molecule has 0 amide bonds. The van der Waals surface area contributed by atoms with Gasteiger partial charge in [-0.2, -0.15) is 5.26 Å². The number of Topliss-reactive ketones (excluding diaryl/α,β-unsaturated/α-hetero) is 1. The van der Waals surface area contributed by atoms with E-state index in [-0.39, 0.29) is 17.1 Å². The van der Waals surface area contributed by atoms with Crippen LogP contribution >= 0.6 is 0 Å². The summed E-state index contributed by atoms with van der Waals surface area (Å²) in [5, 5.41) is 17.9. The summed E-state index contributed by atoms with van der Waals surface area (Å²) in [5.74, 6) is -0.254. The highest BCUT2D eigenvalue weighted by atomic mass is 16.3. The van der Waals surface area contributed by atoms with Crippen LogP contribution in [0.3, 0.4) is 0 Å². The number of nitriles is 1. The third-order valence-electron chi connectivity index (χ3n) is 1.84. The number of carbonyl (C=O) groups excluding carboxylic acids is 1. The van der Waals surface area contributed by atoms with Gasteiger partial charge in [0.15, 0.2) is 5.78 Å². The van der Waals surface area contributed by atoms with Crippen LogP contribution < -0.4 is 0 Å². The minimum atomic E-state index is -0.140. The average molecular weight is 175 g/mol. The van der Waals surface area contributed by atoms with E-state index >= 15 is 0 Å². The number of nitrogens with zero attached hydrogens (tertiary/aromatic N) is 1. The summed E-state index contributed by atoms with van der Waals surface area (Å²) >= 11 is 0. The van der Waals surface area contributed by atoms with Gasteiger partial charge in [-0.25, -0.2) is 0 Å². The van der Waals surface area contributed by atoms with Crippen LogP contribution in [0.4, 0.5) is 0 Å². The number of phenolic OH excluding ortho intramolecular Hbond substituents is 1. The van der Waals surface area contributed by atoms with Gasteiger partial charge in [-0.1, -0.05) is 0 Å². The molecule has 1 N–H and O–H groups in total. The first kappa shape index (κ1) is 9.27. The molecule has 13 heavy (non-hydrogen) atoms. The minimum absolute atomic E-state index is 0.114. The molecule has 0 aromatic heterocycles. The molecule has 0 aliphatic heterocycles. The molecule has 3 heteroatoms. The maximum absolute atomic E-state index is 11.0. The predicted octanol–water partition coefficient (Wildman–Crippen LogP) is 1.77. The first-order chi connectivity index (χ1) is 6.06. The third kappa shape index (κ3) is 1.67. The van der Waals surface area contributed by atoms with Crippen molar-refractivity contribution in [3.63, 3.8) is 0 Å². The monoisotopic (exact) mass is 175 g/mol. The number of carbonyl (C=O) groups is 1. The molecule has 0 aliphatic carbocycles. The zero-order valence-electron chi connectivity index (χ0n) is 7.46. The highest BCUT2D eigenvalue weighted by Gasteiger charge is 2.08. The largest absolute Gasteiger partial charge is 0.507 e. The van der Waals surface area contributed by atoms with Crippen molar-refractivity contribution in [1.82, 2.24) is 0 Å². The Bertz CT molecular complexity index is 402. The van der Waals surface area contributed by atoms with Crippen molar-refractivity contribution in [2.75, 3.05) is 0 Å². The predicted molar refractivity (Wildman–Crippen MR) is 47.6 cm³/mol. The summed E-state index contributed by atoms with van der Waals surface area (Å²) in [6.45, 7) is 3.16. The molecule has 0 spiro atoms. The molecule has 1 aromatic carbocycles. The summed E-state index contributed by atoms with van der Waals surface area (Å²) in [7, 11) is 0. The van der Waals surface area contributed by atoms with E-state index in [1.54, 1.807) is 6.92 Å². The van der Waals surface area contributed by atoms with Crippen LogP contribution in [0.2, 0.25) is 0 Å². The van der Waals surface area contributed by atoms with Crippen molar-refractivity contribution in [2.45, 2.75) is 13.8 Å². The number of phenols is 1. The van der Waals surface area contributed by atoms with Crippen molar-refractivity contribution in [1.29, 1.82) is 5.26 Å². The Labute approximate surface area is 76.2 Å². The van der Waals surface area contributed by atoms with Gasteiger partial charge < -0.3 is 5.11 Å². The Morgan fingerprint density at radius 3 is 2.62 bits per heavy atom. The second-order valence-corrected chi connectivity index (χ2v) is 2.85. The van der Waals surface area contributed by atoms with E-state index in [2.05, 4.69) is 0 Å². The van der Waals surface area contributed by atoms with E-state index in [0.717, 1.165) is 0 Å². The van der Waals surface area contributed by atoms with Gasteiger partial charge in [0.25, 0.3) is 0 Å². The molecule has 0 unspecified atom stereocenters. The van der Waals surface area contributed by atoms with Crippen molar-refractivity contribution in [2.24, 2.45) is 0 Å². The van der Waals surface area contributed by atoms with Gasteiger partial charge in [-0.15, -0.1) is 0 Å². The molecule has 0 heterocycles. The number of aromatic hydroxyl groups is 1. The van der Waals surface area contributed by atoms with Crippen LogP contribution in [0.5, 0.6) is 5.75 Å². The van der Waals surface area contributed by atoms with Gasteiger partial charge >= 0.3 is 0 Å². The van der Waals surface area contributed by atoms with Crippen molar-refractivity contribution in [3.05, 3.63) is 28.8 Å². The van der Waals surface area contributed by atoms with E-state index < -0.39 is 0 Å². The lowest BCUT2D eigenvalue weighted by Gasteiger charge is -2.03. The smallest absolute Gasteiger partial charge is 0.160 e. The van der Waals surface area contributed by atoms with Crippen LogP contribution in [0.1, 0.15) is 28.4 Å². The van der Waals surface area contributed by atoms with Crippen molar-refractivity contribution in [3.8, 4) is 11.8 Å². The quantitative estimate of drug-likeness (QED) is 0.661. The molecule has 0 fully saturated rings. The molecule has 3 nitrogen and oxygen atoms in total. The zero-order chi connectivity index (χ0) is 10.0. The SMILES string of the molecule is CC(=O)c1cc(O)c(C#N)cc1C. The number of hydrogen-bond donors (Lipinski definition) is 1. The average Bonchev–Trinajstić information content (AvgIpc) is 2.07. The molecule has 1 rings (SSSR count). The molecule has 0 radical (unpaired) electrons. The molecule has 66 valence electrons. The van der Waals surface area contributed by atoms with E-state index in [9.17, 15) is 9.90 Å². The van der Waals surface area contributed by atoms with Gasteiger partial charge in [0.1, 0.15) is 11.8 Å². The molecule has 0 saturated heterocycles. The summed E-state index contributed by atoms with van der Waals surface area (Å²) in [6.07, 6.45) is 0. The molecule has 1 aromatic rings. The van der Waals surface area contributed by atoms with Crippen LogP contribution in [0.15, 0.2) is 12.1 Å². The second-order valence-electron chi connectivity index (χ2n) is 2.85. The Kier molecular flexibility index (Phi) is 2.34. The minimum Gasteiger partial charge on any atom is -0.507 e. The van der Waals surface area contributed by atoms with Gasteiger partial charge in [0.2, 0.25) is 0 Å². The summed E-state index contributed by atoms with van der Waals surface area (Å²) < 4.78 is 0. The van der Waals surface area contributed by atoms with Crippen LogP contribution in [0.25, 0.3) is 0 Å². The van der Waals surface area contributed by atoms with Crippen molar-refractivity contribution >= 4 is 5.78 Å². The van der Waals surface area contributed by atoms with Crippen LogP contribution in [-0.2, 0) is 0 Å². The molecule has 0 saturated carbocycles. The Balaban J connectivity index is 3.39. The topological polar surface area (TPSA) is 61.1 Å². The van der Waals surface area contributed by atoms with E-state index in [4.69, 9.17) is 5.26 Å². The first-order valence-corrected chi connectivity index (χ1v) is 3.81. The van der Waals surface area contributed by atoms with Crippen molar-refractivity contribution < 1.29 is 9.90 Å². The fraction of sp³-hybridized carbons (Fsp3) is 0.200. The standard InChI is InChI=1S/C10H9NO2/c1-6-3-8(5-11)10(13)4-9(6)7(2)12/h3-4,13H,1-2H3. The maximum atomic E-state index is 11.0. The number of rotatable bonds is 1. The number of hydrogen-bond acceptors (Lipinski definition) is 3. The summed E-state index contributed by atoms with van der Waals surface area (Å²) in [5.41, 5.74) is 1.36. The highest BCUT2D eigenvalue weighted by Crippen LogP contribution is 2.21. The number of ketones is 1. The Morgan fingerprint density at radius 2 is 2.15 bits per heavy atom. The number of aryl methyl sites for hydroxylation is 1. The second kappa shape index (κ2) is 3.28. The van der Waals surface area contributed by atoms with E-state index in [1.165, 1.54) is 19.1 Å². The fourth-order valence-electron chi connectivity index (χ4n) is 1.17. The van der Waals surface area contributed by atoms with E-state index in [0.29, 0.717) is 11.1 Å². The lowest BCUT2D eigenvalue weighted by atomic mass is 10.0. The fourth-order valence-corrected chi connectivity index (χ4v) is 1.17. The van der Waals surface area contributed by atoms with Crippen LogP contribution in [-0.4, -0.2) is 10.9 Å². The van der Waals surface area contributed by atoms with Gasteiger partial charge in [0, 0.05) is 5.56 Å². The normalized spacial score (nSPS) is 9.31. The first-order valence-electron chi connectivity index (χ1n) is 3.81. The summed E-state index contributed by atoms with van der Waals surface area (Å²) in [6, 6.07) is 4.68. The highest BCUT2D eigenvalue weighted by molar-refractivity contribution is 5.96. The zero-order valence-corrected chi connectivity index (χ0v) is 7.46. The van der Waals surface area contributed by atoms with Gasteiger partial charge in [-0.3, -0.25) is 4.79 Å². The molecule has 0 bridgehead atoms. The molecular weight excluding hydrogens is 166 g/mol. The lowest BCUT2D eigenvalue weighted by Crippen LogP contribution is -1.96. The van der Waals surface area contributed by atoms with Gasteiger partial charge in [0.05, 0.1) is 5.56 Å². The van der Waals surface area contributed by atoms with Gasteiger partial charge in [-0.05, 0) is 31.5 Å². The molecule has 0 atom stereocenters. The molecule has 0 aliphatic rings.